The molecule has 116 valence electrons. The molecule has 21 heavy (non-hydrogen) atoms. The van der Waals surface area contributed by atoms with Crippen LogP contribution in [0.3, 0.4) is 0 Å². The van der Waals surface area contributed by atoms with E-state index in [-0.39, 0.29) is 5.25 Å². The van der Waals surface area contributed by atoms with E-state index in [1.54, 1.807) is 0 Å². The zero-order valence-electron chi connectivity index (χ0n) is 12.3. The average Bonchev–Trinajstić information content (AvgIpc) is 3.30. The maximum atomic E-state index is 12.4. The van der Waals surface area contributed by atoms with Gasteiger partial charge in [-0.1, -0.05) is 31.4 Å². The quantitative estimate of drug-likeness (QED) is 0.849. The average molecular weight is 308 g/mol. The third-order valence-corrected chi connectivity index (χ3v) is 6.22. The number of sulfonamides is 1. The second kappa shape index (κ2) is 6.36. The molecule has 1 aromatic rings. The molecule has 0 saturated heterocycles. The van der Waals surface area contributed by atoms with Crippen LogP contribution < -0.4 is 10.0 Å². The van der Waals surface area contributed by atoms with Crippen molar-refractivity contribution < 1.29 is 8.42 Å². The third-order valence-electron chi connectivity index (χ3n) is 4.35. The zero-order valence-corrected chi connectivity index (χ0v) is 13.2. The SMILES string of the molecule is O=S(=O)(Nc1cccc(CNC2CC2)c1)C1CCCCC1. The van der Waals surface area contributed by atoms with E-state index in [2.05, 4.69) is 10.0 Å². The van der Waals surface area contributed by atoms with E-state index in [0.717, 1.165) is 44.2 Å². The van der Waals surface area contributed by atoms with Gasteiger partial charge in [-0.25, -0.2) is 8.42 Å². The van der Waals surface area contributed by atoms with Crippen molar-refractivity contribution in [1.82, 2.24) is 5.32 Å². The van der Waals surface area contributed by atoms with Gasteiger partial charge in [-0.15, -0.1) is 0 Å². The first-order chi connectivity index (χ1) is 10.1. The van der Waals surface area contributed by atoms with Crippen molar-refractivity contribution in [1.29, 1.82) is 0 Å². The molecule has 2 aliphatic carbocycles. The Labute approximate surface area is 127 Å². The van der Waals surface area contributed by atoms with Crippen LogP contribution >= 0.6 is 0 Å². The van der Waals surface area contributed by atoms with E-state index in [1.165, 1.54) is 12.8 Å². The molecule has 0 atom stereocenters. The first kappa shape index (κ1) is 14.9. The van der Waals surface area contributed by atoms with Gasteiger partial charge in [0.15, 0.2) is 0 Å². The van der Waals surface area contributed by atoms with Gasteiger partial charge in [0.2, 0.25) is 10.0 Å². The Kier molecular flexibility index (Phi) is 4.50. The molecule has 0 amide bonds. The highest BCUT2D eigenvalue weighted by molar-refractivity contribution is 7.93. The molecule has 0 radical (unpaired) electrons. The van der Waals surface area contributed by atoms with Crippen LogP contribution in [-0.2, 0) is 16.6 Å². The lowest BCUT2D eigenvalue weighted by Crippen LogP contribution is -2.29. The molecule has 4 nitrogen and oxygen atoms in total. The summed E-state index contributed by atoms with van der Waals surface area (Å²) < 4.78 is 27.6. The Morgan fingerprint density at radius 2 is 1.81 bits per heavy atom. The maximum Gasteiger partial charge on any atom is 0.235 e. The fourth-order valence-electron chi connectivity index (χ4n) is 2.92. The minimum absolute atomic E-state index is 0.223. The summed E-state index contributed by atoms with van der Waals surface area (Å²) in [6, 6.07) is 8.39. The molecule has 2 aliphatic rings. The normalized spacial score (nSPS) is 20.4. The van der Waals surface area contributed by atoms with Crippen LogP contribution in [0.1, 0.15) is 50.5 Å². The highest BCUT2D eigenvalue weighted by atomic mass is 32.2. The number of hydrogen-bond donors (Lipinski definition) is 2. The van der Waals surface area contributed by atoms with E-state index in [9.17, 15) is 8.42 Å². The lowest BCUT2D eigenvalue weighted by molar-refractivity contribution is 0.486. The van der Waals surface area contributed by atoms with Crippen molar-refractivity contribution in [3.05, 3.63) is 29.8 Å². The van der Waals surface area contributed by atoms with Gasteiger partial charge in [-0.2, -0.15) is 0 Å². The predicted octanol–water partition coefficient (Wildman–Crippen LogP) is 3.01. The summed E-state index contributed by atoms with van der Waals surface area (Å²) in [7, 11) is -3.24. The summed E-state index contributed by atoms with van der Waals surface area (Å²) in [5, 5.41) is 3.23. The predicted molar refractivity (Wildman–Crippen MR) is 85.7 cm³/mol. The molecule has 0 aliphatic heterocycles. The topological polar surface area (TPSA) is 58.2 Å². The van der Waals surface area contributed by atoms with Crippen molar-refractivity contribution in [2.75, 3.05) is 4.72 Å². The third kappa shape index (κ3) is 4.20. The van der Waals surface area contributed by atoms with E-state index in [1.807, 2.05) is 24.3 Å². The Morgan fingerprint density at radius 1 is 1.05 bits per heavy atom. The Bertz CT molecular complexity index is 576. The molecular weight excluding hydrogens is 284 g/mol. The zero-order chi connectivity index (χ0) is 14.7. The number of benzene rings is 1. The summed E-state index contributed by atoms with van der Waals surface area (Å²) in [5.74, 6) is 0. The summed E-state index contributed by atoms with van der Waals surface area (Å²) in [4.78, 5) is 0. The summed E-state index contributed by atoms with van der Waals surface area (Å²) in [6.07, 6.45) is 7.31. The minimum atomic E-state index is -3.24. The molecule has 2 N–H and O–H groups in total. The summed E-state index contributed by atoms with van der Waals surface area (Å²) >= 11 is 0. The van der Waals surface area contributed by atoms with Crippen molar-refractivity contribution in [2.45, 2.75) is 62.8 Å². The van der Waals surface area contributed by atoms with Crippen LogP contribution in [0.4, 0.5) is 5.69 Å². The fourth-order valence-corrected chi connectivity index (χ4v) is 4.49. The van der Waals surface area contributed by atoms with Crippen LogP contribution in [0, 0.1) is 0 Å². The van der Waals surface area contributed by atoms with E-state index in [4.69, 9.17) is 0 Å². The van der Waals surface area contributed by atoms with Gasteiger partial charge in [-0.05, 0) is 43.4 Å². The van der Waals surface area contributed by atoms with Crippen molar-refractivity contribution in [3.63, 3.8) is 0 Å². The Balaban J connectivity index is 1.63. The molecule has 0 bridgehead atoms. The van der Waals surface area contributed by atoms with Crippen LogP contribution in [0.2, 0.25) is 0 Å². The van der Waals surface area contributed by atoms with Crippen molar-refractivity contribution in [2.24, 2.45) is 0 Å². The van der Waals surface area contributed by atoms with Crippen LogP contribution in [0.15, 0.2) is 24.3 Å². The number of hydrogen-bond acceptors (Lipinski definition) is 3. The molecule has 2 fully saturated rings. The lowest BCUT2D eigenvalue weighted by atomic mass is 10.0. The van der Waals surface area contributed by atoms with Crippen LogP contribution in [-0.4, -0.2) is 19.7 Å². The molecule has 3 rings (SSSR count). The number of anilines is 1. The molecule has 2 saturated carbocycles. The standard InChI is InChI=1S/C16H24N2O2S/c19-21(20,16-7-2-1-3-8-16)18-15-6-4-5-13(11-15)12-17-14-9-10-14/h4-6,11,14,16-18H,1-3,7-10,12H2. The van der Waals surface area contributed by atoms with E-state index < -0.39 is 10.0 Å². The first-order valence-corrected chi connectivity index (χ1v) is 9.52. The fraction of sp³-hybridized carbons (Fsp3) is 0.625. The molecule has 0 heterocycles. The van der Waals surface area contributed by atoms with Crippen LogP contribution in [0.25, 0.3) is 0 Å². The van der Waals surface area contributed by atoms with Crippen molar-refractivity contribution >= 4 is 15.7 Å². The molecule has 0 aromatic heterocycles. The van der Waals surface area contributed by atoms with Gasteiger partial charge in [-0.3, -0.25) is 4.72 Å². The van der Waals surface area contributed by atoms with Gasteiger partial charge < -0.3 is 5.32 Å². The van der Waals surface area contributed by atoms with Gasteiger partial charge in [0, 0.05) is 18.3 Å². The second-order valence-electron chi connectivity index (χ2n) is 6.26. The molecule has 0 spiro atoms. The Morgan fingerprint density at radius 3 is 2.52 bits per heavy atom. The molecular formula is C16H24N2O2S. The smallest absolute Gasteiger partial charge is 0.235 e. The highest BCUT2D eigenvalue weighted by Crippen LogP contribution is 2.25. The largest absolute Gasteiger partial charge is 0.310 e. The molecule has 0 unspecified atom stereocenters. The molecule has 5 heteroatoms. The van der Waals surface area contributed by atoms with Gasteiger partial charge >= 0.3 is 0 Å². The van der Waals surface area contributed by atoms with Crippen molar-refractivity contribution in [3.8, 4) is 0 Å². The maximum absolute atomic E-state index is 12.4. The second-order valence-corrected chi connectivity index (χ2v) is 8.22. The van der Waals surface area contributed by atoms with Gasteiger partial charge in [0.1, 0.15) is 0 Å². The number of nitrogens with one attached hydrogen (secondary N) is 2. The monoisotopic (exact) mass is 308 g/mol. The highest BCUT2D eigenvalue weighted by Gasteiger charge is 2.27. The van der Waals surface area contributed by atoms with E-state index >= 15 is 0 Å². The molecule has 1 aromatic carbocycles. The lowest BCUT2D eigenvalue weighted by Gasteiger charge is -2.22. The van der Waals surface area contributed by atoms with Gasteiger partial charge in [0.25, 0.3) is 0 Å². The van der Waals surface area contributed by atoms with Crippen LogP contribution in [0.5, 0.6) is 0 Å². The van der Waals surface area contributed by atoms with Gasteiger partial charge in [0.05, 0.1) is 5.25 Å². The Hall–Kier alpha value is -1.07. The number of rotatable bonds is 6. The van der Waals surface area contributed by atoms with E-state index in [0.29, 0.717) is 11.7 Å². The first-order valence-electron chi connectivity index (χ1n) is 7.97. The summed E-state index contributed by atoms with van der Waals surface area (Å²) in [6.45, 7) is 0.809. The minimum Gasteiger partial charge on any atom is -0.310 e. The summed E-state index contributed by atoms with van der Waals surface area (Å²) in [5.41, 5.74) is 1.82.